The summed E-state index contributed by atoms with van der Waals surface area (Å²) in [6.07, 6.45) is 7.57. The second kappa shape index (κ2) is 16.7. The van der Waals surface area contributed by atoms with Gasteiger partial charge in [-0.1, -0.05) is 41.5 Å². The Hall–Kier alpha value is -1.62. The lowest BCUT2D eigenvalue weighted by molar-refractivity contribution is 0.373. The lowest BCUT2D eigenvalue weighted by atomic mass is 10.2. The van der Waals surface area contributed by atoms with Crippen molar-refractivity contribution in [3.05, 3.63) is 36.9 Å². The van der Waals surface area contributed by atoms with E-state index in [4.69, 9.17) is 0 Å². The van der Waals surface area contributed by atoms with Gasteiger partial charge in [0.2, 0.25) is 0 Å². The molecule has 0 aliphatic heterocycles. The van der Waals surface area contributed by atoms with Crippen molar-refractivity contribution < 1.29 is 0 Å². The summed E-state index contributed by atoms with van der Waals surface area (Å²) in [4.78, 5) is 2.14. The van der Waals surface area contributed by atoms with Crippen molar-refractivity contribution in [2.45, 2.75) is 54.6 Å². The van der Waals surface area contributed by atoms with Crippen molar-refractivity contribution in [1.82, 2.24) is 24.5 Å². The predicted molar refractivity (Wildman–Crippen MR) is 101 cm³/mol. The average molecular weight is 324 g/mol. The van der Waals surface area contributed by atoms with E-state index in [2.05, 4.69) is 43.0 Å². The van der Waals surface area contributed by atoms with Gasteiger partial charge in [-0.05, 0) is 32.1 Å². The smallest absolute Gasteiger partial charge is 0.0536 e. The van der Waals surface area contributed by atoms with E-state index < -0.39 is 0 Å². The Kier molecular flexibility index (Phi) is 17.2. The van der Waals surface area contributed by atoms with Gasteiger partial charge in [-0.2, -0.15) is 10.2 Å². The maximum Gasteiger partial charge on any atom is 0.0536 e. The van der Waals surface area contributed by atoms with Crippen molar-refractivity contribution in [3.63, 3.8) is 0 Å². The molecule has 0 unspecified atom stereocenters. The molecule has 0 N–H and O–H groups in total. The molecule has 0 saturated heterocycles. The Balaban J connectivity index is 0. The van der Waals surface area contributed by atoms with Gasteiger partial charge in [0.25, 0.3) is 0 Å². The third kappa shape index (κ3) is 15.1. The number of rotatable bonds is 5. The van der Waals surface area contributed by atoms with E-state index >= 15 is 0 Å². The summed E-state index contributed by atoms with van der Waals surface area (Å²) in [7, 11) is 4.12. The molecule has 0 saturated carbocycles. The molecule has 5 heteroatoms. The minimum Gasteiger partial charge on any atom is -0.308 e. The van der Waals surface area contributed by atoms with Gasteiger partial charge < -0.3 is 4.90 Å². The Morgan fingerprint density at radius 1 is 0.870 bits per heavy atom. The zero-order chi connectivity index (χ0) is 18.1. The van der Waals surface area contributed by atoms with Crippen molar-refractivity contribution in [2.24, 2.45) is 5.92 Å². The van der Waals surface area contributed by atoms with Gasteiger partial charge in [0.05, 0.1) is 6.54 Å². The average Bonchev–Trinajstić information content (AvgIpc) is 3.23. The quantitative estimate of drug-likeness (QED) is 0.833. The standard InChI is InChI=1S/C7H13N3.C7H12N2.2C2H6/c1-9(2)6-7-10-5-3-4-8-10;1-7(2)6-9-5-3-4-8-9;2*1-2/h3-5H,6-7H2,1-2H3;3-5,7H,6H2,1-2H3;2*1-2H3. The summed E-state index contributed by atoms with van der Waals surface area (Å²) < 4.78 is 3.88. The van der Waals surface area contributed by atoms with Crippen LogP contribution in [-0.2, 0) is 13.1 Å². The normalized spacial score (nSPS) is 9.30. The van der Waals surface area contributed by atoms with Gasteiger partial charge in [-0.25, -0.2) is 0 Å². The topological polar surface area (TPSA) is 38.9 Å². The lowest BCUT2D eigenvalue weighted by Crippen LogP contribution is -2.18. The highest BCUT2D eigenvalue weighted by atomic mass is 15.3. The minimum absolute atomic E-state index is 0.685. The Bertz CT molecular complexity index is 405. The van der Waals surface area contributed by atoms with Crippen molar-refractivity contribution >= 4 is 0 Å². The highest BCUT2D eigenvalue weighted by molar-refractivity contribution is 4.78. The van der Waals surface area contributed by atoms with Crippen LogP contribution in [-0.4, -0.2) is 45.1 Å². The van der Waals surface area contributed by atoms with E-state index in [0.717, 1.165) is 19.6 Å². The fraction of sp³-hybridized carbons (Fsp3) is 0.667. The van der Waals surface area contributed by atoms with E-state index in [9.17, 15) is 0 Å². The molecule has 23 heavy (non-hydrogen) atoms. The molecule has 2 aromatic heterocycles. The van der Waals surface area contributed by atoms with Gasteiger partial charge in [0, 0.05) is 37.9 Å². The van der Waals surface area contributed by atoms with E-state index in [0.29, 0.717) is 5.92 Å². The molecular weight excluding hydrogens is 286 g/mol. The fourth-order valence-electron chi connectivity index (χ4n) is 1.52. The molecule has 0 aliphatic rings. The van der Waals surface area contributed by atoms with E-state index in [1.165, 1.54) is 0 Å². The van der Waals surface area contributed by atoms with Crippen molar-refractivity contribution in [3.8, 4) is 0 Å². The largest absolute Gasteiger partial charge is 0.308 e. The summed E-state index contributed by atoms with van der Waals surface area (Å²) in [5.74, 6) is 0.685. The number of aromatic nitrogens is 4. The molecule has 2 aromatic rings. The molecule has 0 spiro atoms. The number of likely N-dealkylation sites (N-methyl/N-ethyl adjacent to an activating group) is 1. The summed E-state index contributed by atoms with van der Waals surface area (Å²) in [6.45, 7) is 15.4. The van der Waals surface area contributed by atoms with Crippen LogP contribution in [0.2, 0.25) is 0 Å². The second-order valence-corrected chi connectivity index (χ2v) is 5.19. The van der Waals surface area contributed by atoms with Crippen LogP contribution < -0.4 is 0 Å². The zero-order valence-corrected chi connectivity index (χ0v) is 16.4. The molecule has 0 fully saturated rings. The van der Waals surface area contributed by atoms with E-state index in [1.807, 2.05) is 67.8 Å². The maximum absolute atomic E-state index is 4.08. The first kappa shape index (κ1) is 23.6. The first-order valence-electron chi connectivity index (χ1n) is 8.67. The Labute approximate surface area is 143 Å². The highest BCUT2D eigenvalue weighted by Crippen LogP contribution is 1.95. The molecule has 134 valence electrons. The molecule has 0 amide bonds. The zero-order valence-electron chi connectivity index (χ0n) is 16.4. The van der Waals surface area contributed by atoms with Crippen LogP contribution in [0.3, 0.4) is 0 Å². The third-order valence-corrected chi connectivity index (χ3v) is 2.45. The molecule has 0 aliphatic carbocycles. The molecule has 0 atom stereocenters. The van der Waals surface area contributed by atoms with Gasteiger partial charge in [-0.3, -0.25) is 9.36 Å². The maximum atomic E-state index is 4.08. The Morgan fingerprint density at radius 2 is 1.35 bits per heavy atom. The molecular formula is C18H37N5. The van der Waals surface area contributed by atoms with Crippen molar-refractivity contribution in [1.29, 1.82) is 0 Å². The first-order valence-corrected chi connectivity index (χ1v) is 8.67. The van der Waals surface area contributed by atoms with E-state index in [-0.39, 0.29) is 0 Å². The number of nitrogens with zero attached hydrogens (tertiary/aromatic N) is 5. The van der Waals surface area contributed by atoms with Crippen LogP contribution in [0.15, 0.2) is 36.9 Å². The van der Waals surface area contributed by atoms with E-state index in [1.54, 1.807) is 6.20 Å². The molecule has 2 rings (SSSR count). The molecule has 5 nitrogen and oxygen atoms in total. The lowest BCUT2D eigenvalue weighted by Gasteiger charge is -2.08. The summed E-state index contributed by atoms with van der Waals surface area (Å²) in [6, 6.07) is 3.89. The van der Waals surface area contributed by atoms with Crippen LogP contribution in [0, 0.1) is 5.92 Å². The van der Waals surface area contributed by atoms with Crippen LogP contribution in [0.4, 0.5) is 0 Å². The summed E-state index contributed by atoms with van der Waals surface area (Å²) in [5.41, 5.74) is 0. The molecule has 0 bridgehead atoms. The van der Waals surface area contributed by atoms with Crippen LogP contribution in [0.5, 0.6) is 0 Å². The molecule has 2 heterocycles. The van der Waals surface area contributed by atoms with Crippen LogP contribution in [0.1, 0.15) is 41.5 Å². The molecule has 0 aromatic carbocycles. The van der Waals surface area contributed by atoms with Gasteiger partial charge >= 0.3 is 0 Å². The van der Waals surface area contributed by atoms with Gasteiger partial charge in [0.1, 0.15) is 0 Å². The van der Waals surface area contributed by atoms with Crippen LogP contribution >= 0.6 is 0 Å². The van der Waals surface area contributed by atoms with Gasteiger partial charge in [-0.15, -0.1) is 0 Å². The van der Waals surface area contributed by atoms with Crippen LogP contribution in [0.25, 0.3) is 0 Å². The minimum atomic E-state index is 0.685. The second-order valence-electron chi connectivity index (χ2n) is 5.19. The number of hydrogen-bond donors (Lipinski definition) is 0. The summed E-state index contributed by atoms with van der Waals surface area (Å²) >= 11 is 0. The highest BCUT2D eigenvalue weighted by Gasteiger charge is 1.93. The SMILES string of the molecule is CC.CC.CC(C)Cn1cccn1.CN(C)CCn1cccn1. The Morgan fingerprint density at radius 3 is 1.70 bits per heavy atom. The first-order chi connectivity index (χ1) is 11.1. The van der Waals surface area contributed by atoms with Gasteiger partial charge in [0.15, 0.2) is 0 Å². The molecule has 0 radical (unpaired) electrons. The summed E-state index contributed by atoms with van der Waals surface area (Å²) in [5, 5.41) is 8.15. The fourth-order valence-corrected chi connectivity index (χ4v) is 1.52. The number of hydrogen-bond acceptors (Lipinski definition) is 3. The monoisotopic (exact) mass is 323 g/mol. The predicted octanol–water partition coefficient (Wildman–Crippen LogP) is 4.04. The van der Waals surface area contributed by atoms with Crippen molar-refractivity contribution in [2.75, 3.05) is 20.6 Å². The third-order valence-electron chi connectivity index (χ3n) is 2.45.